The fourth-order valence-corrected chi connectivity index (χ4v) is 2.16. The Morgan fingerprint density at radius 2 is 1.95 bits per heavy atom. The van der Waals surface area contributed by atoms with Crippen molar-refractivity contribution in [2.45, 2.75) is 47.0 Å². The average Bonchev–Trinajstić information content (AvgIpc) is 2.70. The summed E-state index contributed by atoms with van der Waals surface area (Å²) in [7, 11) is 0. The maximum Gasteiger partial charge on any atom is 0.355 e. The topological polar surface area (TPSA) is 71.2 Å². The molecule has 1 heterocycles. The van der Waals surface area contributed by atoms with Crippen LogP contribution in [0.15, 0.2) is 0 Å². The average molecular weight is 280 g/mol. The molecule has 0 atom stereocenters. The number of H-pyrrole nitrogens is 1. The molecule has 0 unspecified atom stereocenters. The minimum absolute atomic E-state index is 0.0459. The third kappa shape index (κ3) is 4.11. The van der Waals surface area contributed by atoms with E-state index in [2.05, 4.69) is 10.3 Å². The van der Waals surface area contributed by atoms with Gasteiger partial charge in [0.25, 0.3) is 0 Å². The van der Waals surface area contributed by atoms with Crippen molar-refractivity contribution in [1.29, 1.82) is 0 Å². The first-order valence-electron chi connectivity index (χ1n) is 7.13. The molecule has 0 aromatic carbocycles. The largest absolute Gasteiger partial charge is 0.461 e. The van der Waals surface area contributed by atoms with Gasteiger partial charge in [-0.25, -0.2) is 4.79 Å². The molecule has 0 saturated carbocycles. The van der Waals surface area contributed by atoms with Crippen LogP contribution in [0, 0.1) is 13.8 Å². The Hall–Kier alpha value is -1.78. The van der Waals surface area contributed by atoms with Crippen molar-refractivity contribution in [2.75, 3.05) is 13.2 Å². The van der Waals surface area contributed by atoms with Crippen molar-refractivity contribution in [1.82, 2.24) is 10.3 Å². The number of hydrogen-bond donors (Lipinski definition) is 2. The molecule has 1 amide bonds. The number of amides is 1. The Bertz CT molecular complexity index is 478. The van der Waals surface area contributed by atoms with Gasteiger partial charge < -0.3 is 15.0 Å². The maximum absolute atomic E-state index is 11.8. The lowest BCUT2D eigenvalue weighted by atomic mass is 10.0. The van der Waals surface area contributed by atoms with E-state index in [9.17, 15) is 9.59 Å². The van der Waals surface area contributed by atoms with Gasteiger partial charge in [-0.05, 0) is 44.7 Å². The normalized spacial score (nSPS) is 10.4. The minimum atomic E-state index is -0.338. The SMILES string of the molecule is CCCNC(=O)CCc1c(C)[nH]c(C(=O)OCC)c1C. The van der Waals surface area contributed by atoms with E-state index in [4.69, 9.17) is 4.74 Å². The van der Waals surface area contributed by atoms with E-state index in [0.29, 0.717) is 31.7 Å². The lowest BCUT2D eigenvalue weighted by molar-refractivity contribution is -0.121. The lowest BCUT2D eigenvalue weighted by Crippen LogP contribution is -2.24. The number of aromatic amines is 1. The van der Waals surface area contributed by atoms with Crippen molar-refractivity contribution in [2.24, 2.45) is 0 Å². The van der Waals surface area contributed by atoms with Crippen LogP contribution in [0.25, 0.3) is 0 Å². The van der Waals surface area contributed by atoms with Crippen molar-refractivity contribution < 1.29 is 14.3 Å². The van der Waals surface area contributed by atoms with Crippen LogP contribution in [0.2, 0.25) is 0 Å². The highest BCUT2D eigenvalue weighted by molar-refractivity contribution is 5.90. The monoisotopic (exact) mass is 280 g/mol. The molecule has 1 rings (SSSR count). The molecular weight excluding hydrogens is 256 g/mol. The smallest absolute Gasteiger partial charge is 0.355 e. The second-order valence-corrected chi connectivity index (χ2v) is 4.80. The number of rotatable bonds is 7. The van der Waals surface area contributed by atoms with Crippen LogP contribution in [0.1, 0.15) is 54.0 Å². The zero-order valence-electron chi connectivity index (χ0n) is 12.8. The van der Waals surface area contributed by atoms with Crippen LogP contribution >= 0.6 is 0 Å². The van der Waals surface area contributed by atoms with Crippen LogP contribution in [0.4, 0.5) is 0 Å². The predicted molar refractivity (Wildman–Crippen MR) is 77.8 cm³/mol. The third-order valence-corrected chi connectivity index (χ3v) is 3.25. The highest BCUT2D eigenvalue weighted by atomic mass is 16.5. The molecule has 20 heavy (non-hydrogen) atoms. The number of esters is 1. The first-order valence-corrected chi connectivity index (χ1v) is 7.13. The first kappa shape index (κ1) is 16.3. The molecule has 0 aliphatic heterocycles. The van der Waals surface area contributed by atoms with Crippen molar-refractivity contribution in [3.8, 4) is 0 Å². The first-order chi connectivity index (χ1) is 9.51. The fraction of sp³-hybridized carbons (Fsp3) is 0.600. The van der Waals surface area contributed by atoms with Crippen LogP contribution in [-0.4, -0.2) is 30.0 Å². The number of carbonyl (C=O) groups excluding carboxylic acids is 2. The molecule has 0 radical (unpaired) electrons. The summed E-state index contributed by atoms with van der Waals surface area (Å²) in [4.78, 5) is 26.5. The van der Waals surface area contributed by atoms with E-state index in [1.54, 1.807) is 6.92 Å². The summed E-state index contributed by atoms with van der Waals surface area (Å²) in [5, 5.41) is 2.85. The standard InChI is InChI=1S/C15H24N2O3/c1-5-9-16-13(18)8-7-12-10(3)14(17-11(12)4)15(19)20-6-2/h17H,5-9H2,1-4H3,(H,16,18). The molecule has 5 heteroatoms. The summed E-state index contributed by atoms with van der Waals surface area (Å²) < 4.78 is 5.01. The number of aromatic nitrogens is 1. The van der Waals surface area contributed by atoms with Gasteiger partial charge in [-0.3, -0.25) is 4.79 Å². The number of nitrogens with one attached hydrogen (secondary N) is 2. The van der Waals surface area contributed by atoms with Gasteiger partial charge in [-0.15, -0.1) is 0 Å². The minimum Gasteiger partial charge on any atom is -0.461 e. The molecule has 5 nitrogen and oxygen atoms in total. The molecule has 2 N–H and O–H groups in total. The summed E-state index contributed by atoms with van der Waals surface area (Å²) in [6.45, 7) is 8.65. The fourth-order valence-electron chi connectivity index (χ4n) is 2.16. The van der Waals surface area contributed by atoms with E-state index < -0.39 is 0 Å². The van der Waals surface area contributed by atoms with E-state index in [-0.39, 0.29) is 11.9 Å². The van der Waals surface area contributed by atoms with Crippen LogP contribution < -0.4 is 5.32 Å². The van der Waals surface area contributed by atoms with Gasteiger partial charge >= 0.3 is 5.97 Å². The summed E-state index contributed by atoms with van der Waals surface area (Å²) in [5.74, 6) is -0.292. The van der Waals surface area contributed by atoms with E-state index in [1.165, 1.54) is 0 Å². The Balaban J connectivity index is 2.71. The quantitative estimate of drug-likeness (QED) is 0.753. The van der Waals surface area contributed by atoms with Crippen LogP contribution in [0.5, 0.6) is 0 Å². The highest BCUT2D eigenvalue weighted by Gasteiger charge is 2.18. The van der Waals surface area contributed by atoms with Gasteiger partial charge in [-0.1, -0.05) is 6.92 Å². The molecule has 0 aliphatic rings. The second-order valence-electron chi connectivity index (χ2n) is 4.80. The maximum atomic E-state index is 11.8. The van der Waals surface area contributed by atoms with Crippen LogP contribution in [-0.2, 0) is 16.0 Å². The van der Waals surface area contributed by atoms with Gasteiger partial charge in [0.2, 0.25) is 5.91 Å². The molecule has 0 fully saturated rings. The number of carbonyl (C=O) groups is 2. The van der Waals surface area contributed by atoms with E-state index >= 15 is 0 Å². The van der Waals surface area contributed by atoms with Crippen molar-refractivity contribution in [3.63, 3.8) is 0 Å². The zero-order valence-corrected chi connectivity index (χ0v) is 12.8. The Morgan fingerprint density at radius 1 is 1.25 bits per heavy atom. The lowest BCUT2D eigenvalue weighted by Gasteiger charge is -2.05. The Labute approximate surface area is 120 Å². The van der Waals surface area contributed by atoms with Gasteiger partial charge in [0, 0.05) is 18.7 Å². The molecular formula is C15H24N2O3. The molecule has 0 bridgehead atoms. The molecule has 1 aromatic rings. The molecule has 0 aliphatic carbocycles. The van der Waals surface area contributed by atoms with Crippen LogP contribution in [0.3, 0.4) is 0 Å². The van der Waals surface area contributed by atoms with Gasteiger partial charge in [-0.2, -0.15) is 0 Å². The second kappa shape index (κ2) is 7.72. The summed E-state index contributed by atoms with van der Waals surface area (Å²) in [5.41, 5.74) is 3.33. The zero-order chi connectivity index (χ0) is 15.1. The summed E-state index contributed by atoms with van der Waals surface area (Å²) in [6, 6.07) is 0. The number of aryl methyl sites for hydroxylation is 1. The molecule has 0 spiro atoms. The molecule has 0 saturated heterocycles. The third-order valence-electron chi connectivity index (χ3n) is 3.25. The Morgan fingerprint density at radius 3 is 2.55 bits per heavy atom. The number of ether oxygens (including phenoxy) is 1. The van der Waals surface area contributed by atoms with Gasteiger partial charge in [0.05, 0.1) is 6.61 Å². The molecule has 112 valence electrons. The Kier molecular flexibility index (Phi) is 6.28. The highest BCUT2D eigenvalue weighted by Crippen LogP contribution is 2.20. The summed E-state index contributed by atoms with van der Waals surface area (Å²) >= 11 is 0. The summed E-state index contributed by atoms with van der Waals surface area (Å²) in [6.07, 6.45) is 1.99. The predicted octanol–water partition coefficient (Wildman–Crippen LogP) is 2.27. The van der Waals surface area contributed by atoms with Gasteiger partial charge in [0.15, 0.2) is 0 Å². The van der Waals surface area contributed by atoms with Crippen molar-refractivity contribution in [3.05, 3.63) is 22.5 Å². The van der Waals surface area contributed by atoms with Crippen molar-refractivity contribution >= 4 is 11.9 Å². The van der Waals surface area contributed by atoms with Gasteiger partial charge in [0.1, 0.15) is 5.69 Å². The van der Waals surface area contributed by atoms with E-state index in [1.807, 2.05) is 20.8 Å². The molecule has 1 aromatic heterocycles. The number of hydrogen-bond acceptors (Lipinski definition) is 3. The van der Waals surface area contributed by atoms with E-state index in [0.717, 1.165) is 23.2 Å².